The van der Waals surface area contributed by atoms with E-state index >= 15 is 0 Å². The van der Waals surface area contributed by atoms with Crippen molar-refractivity contribution in [1.29, 1.82) is 0 Å². The second-order valence-corrected chi connectivity index (χ2v) is 18.6. The van der Waals surface area contributed by atoms with Gasteiger partial charge in [0.05, 0.1) is 5.69 Å². The molecule has 0 amide bonds. The van der Waals surface area contributed by atoms with E-state index in [1.807, 2.05) is 0 Å². The Hall–Kier alpha value is -6.38. The first-order chi connectivity index (χ1) is 27.9. The van der Waals surface area contributed by atoms with Crippen LogP contribution >= 0.6 is 0 Å². The van der Waals surface area contributed by atoms with E-state index in [9.17, 15) is 0 Å². The van der Waals surface area contributed by atoms with Crippen LogP contribution in [0.2, 0.25) is 0 Å². The first-order valence-electron chi connectivity index (χ1n) is 20.7. The third kappa shape index (κ3) is 4.91. The van der Waals surface area contributed by atoms with Crippen LogP contribution in [0.5, 0.6) is 0 Å². The molecule has 1 heterocycles. The van der Waals surface area contributed by atoms with Crippen LogP contribution < -0.4 is 4.90 Å². The molecule has 0 bridgehead atoms. The Morgan fingerprint density at radius 1 is 0.466 bits per heavy atom. The predicted octanol–water partition coefficient (Wildman–Crippen LogP) is 15.8. The van der Waals surface area contributed by atoms with Gasteiger partial charge in [0.1, 0.15) is 11.2 Å². The molecule has 2 aliphatic carbocycles. The Balaban J connectivity index is 1.16. The standard InChI is InChI=1S/C56H47NO/c1-54(2,3)36-24-31-50-44(32-36)43-29-30-47-52(53(43)58-50)51-46(56(47,6)7)20-13-21-49(51)57(38-27-28-42-41-17-10-11-19-45(41)55(4,5)48(42)33-38)37-25-22-35(23-26-37)40-18-12-15-34-14-8-9-16-39(34)40/h8-33H,1-7H3. The monoisotopic (exact) mass is 749 g/mol. The Labute approximate surface area is 341 Å². The van der Waals surface area contributed by atoms with Crippen LogP contribution in [0.25, 0.3) is 66.1 Å². The lowest BCUT2D eigenvalue weighted by atomic mass is 9.82. The first kappa shape index (κ1) is 34.8. The highest BCUT2D eigenvalue weighted by molar-refractivity contribution is 6.14. The van der Waals surface area contributed by atoms with Crippen LogP contribution in [0.4, 0.5) is 17.1 Å². The molecular weight excluding hydrogens is 703 g/mol. The zero-order valence-electron chi connectivity index (χ0n) is 34.4. The summed E-state index contributed by atoms with van der Waals surface area (Å²) >= 11 is 0. The van der Waals surface area contributed by atoms with Crippen molar-refractivity contribution in [1.82, 2.24) is 0 Å². The largest absolute Gasteiger partial charge is 0.455 e. The predicted molar refractivity (Wildman–Crippen MR) is 245 cm³/mol. The van der Waals surface area contributed by atoms with Gasteiger partial charge in [-0.3, -0.25) is 0 Å². The van der Waals surface area contributed by atoms with Gasteiger partial charge in [-0.05, 0) is 109 Å². The van der Waals surface area contributed by atoms with Crippen molar-refractivity contribution in [3.05, 3.63) is 186 Å². The maximum Gasteiger partial charge on any atom is 0.143 e. The molecule has 11 rings (SSSR count). The highest BCUT2D eigenvalue weighted by atomic mass is 16.3. The van der Waals surface area contributed by atoms with Crippen LogP contribution in [-0.2, 0) is 16.2 Å². The molecule has 0 atom stereocenters. The Bertz CT molecular complexity index is 3140. The molecule has 2 nitrogen and oxygen atoms in total. The number of furan rings is 1. The van der Waals surface area contributed by atoms with Crippen molar-refractivity contribution in [2.75, 3.05) is 4.90 Å². The molecule has 1 aromatic heterocycles. The van der Waals surface area contributed by atoms with Gasteiger partial charge in [0.25, 0.3) is 0 Å². The van der Waals surface area contributed by atoms with E-state index in [2.05, 4.69) is 211 Å². The van der Waals surface area contributed by atoms with Gasteiger partial charge in [0.15, 0.2) is 0 Å². The molecule has 9 aromatic rings. The molecule has 0 fully saturated rings. The van der Waals surface area contributed by atoms with E-state index in [0.717, 1.165) is 28.2 Å². The summed E-state index contributed by atoms with van der Waals surface area (Å²) < 4.78 is 6.96. The Morgan fingerprint density at radius 3 is 1.95 bits per heavy atom. The number of fused-ring (bicyclic) bond motifs is 11. The van der Waals surface area contributed by atoms with Gasteiger partial charge in [0, 0.05) is 44.1 Å². The number of anilines is 3. The molecule has 0 saturated carbocycles. The number of hydrogen-bond donors (Lipinski definition) is 0. The summed E-state index contributed by atoms with van der Waals surface area (Å²) in [5, 5.41) is 4.86. The lowest BCUT2D eigenvalue weighted by molar-refractivity contribution is 0.590. The van der Waals surface area contributed by atoms with Gasteiger partial charge < -0.3 is 9.32 Å². The zero-order valence-corrected chi connectivity index (χ0v) is 34.4. The Kier molecular flexibility index (Phi) is 7.25. The minimum atomic E-state index is -0.226. The van der Waals surface area contributed by atoms with Crippen molar-refractivity contribution in [3.63, 3.8) is 0 Å². The number of hydrogen-bond acceptors (Lipinski definition) is 2. The van der Waals surface area contributed by atoms with Crippen LogP contribution in [-0.4, -0.2) is 0 Å². The molecule has 282 valence electrons. The third-order valence-electron chi connectivity index (χ3n) is 13.4. The van der Waals surface area contributed by atoms with E-state index in [1.54, 1.807) is 0 Å². The SMILES string of the molecule is CC(C)(C)c1ccc2oc3c4c(ccc3c2c1)C(C)(C)c1cccc(N(c2ccc(-c3cccc5ccccc35)cc2)c2ccc3c(c2)C(C)(C)c2ccccc2-3)c1-4. The van der Waals surface area contributed by atoms with Crippen molar-refractivity contribution >= 4 is 49.8 Å². The normalized spacial score (nSPS) is 14.7. The fourth-order valence-corrected chi connectivity index (χ4v) is 10.3. The van der Waals surface area contributed by atoms with Gasteiger partial charge in [-0.2, -0.15) is 0 Å². The van der Waals surface area contributed by atoms with Crippen LogP contribution in [0, 0.1) is 0 Å². The smallest absolute Gasteiger partial charge is 0.143 e. The molecule has 2 aliphatic rings. The lowest BCUT2D eigenvalue weighted by Crippen LogP contribution is -2.17. The lowest BCUT2D eigenvalue weighted by Gasteiger charge is -2.30. The second kappa shape index (κ2) is 12.1. The quantitative estimate of drug-likeness (QED) is 0.178. The second-order valence-electron chi connectivity index (χ2n) is 18.6. The van der Waals surface area contributed by atoms with Gasteiger partial charge >= 0.3 is 0 Å². The third-order valence-corrected chi connectivity index (χ3v) is 13.4. The minimum absolute atomic E-state index is 0.0335. The molecule has 58 heavy (non-hydrogen) atoms. The fourth-order valence-electron chi connectivity index (χ4n) is 10.3. The molecule has 0 spiro atoms. The maximum absolute atomic E-state index is 6.96. The average Bonchev–Trinajstić information content (AvgIpc) is 3.80. The summed E-state index contributed by atoms with van der Waals surface area (Å²) in [6.45, 7) is 16.3. The maximum atomic E-state index is 6.96. The highest BCUT2D eigenvalue weighted by Gasteiger charge is 2.41. The first-order valence-corrected chi connectivity index (χ1v) is 20.7. The van der Waals surface area contributed by atoms with Gasteiger partial charge in [0.2, 0.25) is 0 Å². The van der Waals surface area contributed by atoms with Gasteiger partial charge in [-0.15, -0.1) is 0 Å². The highest BCUT2D eigenvalue weighted by Crippen LogP contribution is 2.58. The van der Waals surface area contributed by atoms with E-state index in [4.69, 9.17) is 4.42 Å². The average molecular weight is 750 g/mol. The van der Waals surface area contributed by atoms with Gasteiger partial charge in [-0.25, -0.2) is 0 Å². The van der Waals surface area contributed by atoms with Crippen molar-refractivity contribution in [2.24, 2.45) is 0 Å². The summed E-state index contributed by atoms with van der Waals surface area (Å²) in [5.74, 6) is 0. The van der Waals surface area contributed by atoms with E-state index in [-0.39, 0.29) is 16.2 Å². The summed E-state index contributed by atoms with van der Waals surface area (Å²) in [7, 11) is 0. The number of nitrogens with zero attached hydrogens (tertiary/aromatic N) is 1. The number of rotatable bonds is 4. The van der Waals surface area contributed by atoms with E-state index in [1.165, 1.54) is 82.7 Å². The number of benzene rings is 8. The van der Waals surface area contributed by atoms with Crippen molar-refractivity contribution in [2.45, 2.75) is 64.7 Å². The van der Waals surface area contributed by atoms with Gasteiger partial charge in [-0.1, -0.05) is 164 Å². The Morgan fingerprint density at radius 2 is 1.12 bits per heavy atom. The molecule has 0 aliphatic heterocycles. The summed E-state index contributed by atoms with van der Waals surface area (Å²) in [4.78, 5) is 2.50. The summed E-state index contributed by atoms with van der Waals surface area (Å²) in [6.07, 6.45) is 0. The van der Waals surface area contributed by atoms with E-state index in [0.29, 0.717) is 0 Å². The molecule has 0 N–H and O–H groups in total. The summed E-state index contributed by atoms with van der Waals surface area (Å²) in [5.41, 5.74) is 19.2. The summed E-state index contributed by atoms with van der Waals surface area (Å²) in [6, 6.07) is 58.8. The topological polar surface area (TPSA) is 16.4 Å². The molecule has 0 radical (unpaired) electrons. The van der Waals surface area contributed by atoms with Crippen LogP contribution in [0.1, 0.15) is 76.3 Å². The molecule has 8 aromatic carbocycles. The molecule has 2 heteroatoms. The zero-order chi connectivity index (χ0) is 39.7. The van der Waals surface area contributed by atoms with Crippen molar-refractivity contribution in [3.8, 4) is 33.4 Å². The van der Waals surface area contributed by atoms with Crippen LogP contribution in [0.3, 0.4) is 0 Å². The molecular formula is C56H47NO. The van der Waals surface area contributed by atoms with Crippen LogP contribution in [0.15, 0.2) is 162 Å². The van der Waals surface area contributed by atoms with Crippen molar-refractivity contribution < 1.29 is 4.42 Å². The fraction of sp³-hybridized carbons (Fsp3) is 0.179. The molecule has 0 saturated heterocycles. The van der Waals surface area contributed by atoms with E-state index < -0.39 is 0 Å². The molecule has 0 unspecified atom stereocenters. The minimum Gasteiger partial charge on any atom is -0.455 e.